The molecule has 0 bridgehead atoms. The molecule has 0 aliphatic carbocycles. The summed E-state index contributed by atoms with van der Waals surface area (Å²) in [6.45, 7) is 4.75. The number of nitrogens with one attached hydrogen (secondary N) is 1. The molecule has 1 N–H and O–H groups in total. The van der Waals surface area contributed by atoms with Crippen LogP contribution in [0.25, 0.3) is 0 Å². The maximum Gasteiger partial charge on any atom is 0.141 e. The Morgan fingerprint density at radius 1 is 1.59 bits per heavy atom. The number of hydrogen-bond donors (Lipinski definition) is 1. The van der Waals surface area contributed by atoms with Crippen LogP contribution < -0.4 is 5.32 Å². The standard InChI is InChI=1S/C13H19FN2O/c1-10(12-6-13(14)8-15-7-12)16-4-2-11-3-5-17-9-11/h6-8,10-11,16H,2-5,9H2,1H3. The predicted octanol–water partition coefficient (Wildman–Crippen LogP) is 2.30. The Hall–Kier alpha value is -1.00. The maximum atomic E-state index is 13.0. The summed E-state index contributed by atoms with van der Waals surface area (Å²) in [4.78, 5) is 3.86. The topological polar surface area (TPSA) is 34.1 Å². The van der Waals surface area contributed by atoms with Crippen LogP contribution in [-0.2, 0) is 4.74 Å². The highest BCUT2D eigenvalue weighted by molar-refractivity contribution is 5.14. The molecule has 0 aromatic carbocycles. The number of ether oxygens (including phenoxy) is 1. The fraction of sp³-hybridized carbons (Fsp3) is 0.615. The molecular formula is C13H19FN2O. The molecule has 2 heterocycles. The van der Waals surface area contributed by atoms with Gasteiger partial charge in [-0.05, 0) is 43.9 Å². The molecule has 1 aromatic rings. The summed E-state index contributed by atoms with van der Waals surface area (Å²) >= 11 is 0. The van der Waals surface area contributed by atoms with Crippen LogP contribution in [0, 0.1) is 11.7 Å². The van der Waals surface area contributed by atoms with E-state index in [9.17, 15) is 4.39 Å². The van der Waals surface area contributed by atoms with E-state index in [4.69, 9.17) is 4.74 Å². The lowest BCUT2D eigenvalue weighted by Crippen LogP contribution is -2.22. The minimum absolute atomic E-state index is 0.139. The minimum Gasteiger partial charge on any atom is -0.381 e. The average molecular weight is 238 g/mol. The smallest absolute Gasteiger partial charge is 0.141 e. The van der Waals surface area contributed by atoms with Gasteiger partial charge in [-0.1, -0.05) is 0 Å². The van der Waals surface area contributed by atoms with E-state index in [1.54, 1.807) is 6.20 Å². The zero-order chi connectivity index (χ0) is 12.1. The summed E-state index contributed by atoms with van der Waals surface area (Å²) in [6, 6.07) is 1.67. The molecule has 1 aliphatic rings. The van der Waals surface area contributed by atoms with Gasteiger partial charge >= 0.3 is 0 Å². The van der Waals surface area contributed by atoms with Crippen molar-refractivity contribution in [1.82, 2.24) is 10.3 Å². The van der Waals surface area contributed by atoms with Crippen molar-refractivity contribution in [2.75, 3.05) is 19.8 Å². The number of nitrogens with zero attached hydrogens (tertiary/aromatic N) is 1. The van der Waals surface area contributed by atoms with Gasteiger partial charge in [0.2, 0.25) is 0 Å². The lowest BCUT2D eigenvalue weighted by molar-refractivity contribution is 0.184. The highest BCUT2D eigenvalue weighted by Gasteiger charge is 2.15. The van der Waals surface area contributed by atoms with Crippen molar-refractivity contribution in [2.24, 2.45) is 5.92 Å². The zero-order valence-electron chi connectivity index (χ0n) is 10.2. The van der Waals surface area contributed by atoms with E-state index in [1.165, 1.54) is 12.3 Å². The molecule has 1 fully saturated rings. The third kappa shape index (κ3) is 3.75. The molecule has 4 heteroatoms. The van der Waals surface area contributed by atoms with Gasteiger partial charge in [-0.15, -0.1) is 0 Å². The first-order valence-corrected chi connectivity index (χ1v) is 6.17. The Morgan fingerprint density at radius 2 is 2.47 bits per heavy atom. The SMILES string of the molecule is CC(NCCC1CCOC1)c1cncc(F)c1. The monoisotopic (exact) mass is 238 g/mol. The van der Waals surface area contributed by atoms with Crippen LogP contribution in [0.15, 0.2) is 18.5 Å². The summed E-state index contributed by atoms with van der Waals surface area (Å²) in [5, 5.41) is 3.39. The van der Waals surface area contributed by atoms with Gasteiger partial charge in [0.05, 0.1) is 6.20 Å². The molecule has 1 aliphatic heterocycles. The van der Waals surface area contributed by atoms with Gasteiger partial charge in [-0.2, -0.15) is 0 Å². The molecular weight excluding hydrogens is 219 g/mol. The molecule has 2 atom stereocenters. The van der Waals surface area contributed by atoms with E-state index in [-0.39, 0.29) is 11.9 Å². The Morgan fingerprint density at radius 3 is 3.18 bits per heavy atom. The van der Waals surface area contributed by atoms with Crippen LogP contribution in [0.3, 0.4) is 0 Å². The molecule has 17 heavy (non-hydrogen) atoms. The Labute approximate surface area is 101 Å². The van der Waals surface area contributed by atoms with Crippen molar-refractivity contribution in [3.8, 4) is 0 Å². The molecule has 0 amide bonds. The summed E-state index contributed by atoms with van der Waals surface area (Å²) in [5.41, 5.74) is 0.896. The Kier molecular flexibility index (Phi) is 4.45. The molecule has 0 spiro atoms. The van der Waals surface area contributed by atoms with E-state index < -0.39 is 0 Å². The normalized spacial score (nSPS) is 21.6. The van der Waals surface area contributed by atoms with E-state index >= 15 is 0 Å². The van der Waals surface area contributed by atoms with Gasteiger partial charge in [-0.25, -0.2) is 4.39 Å². The average Bonchev–Trinajstić information content (AvgIpc) is 2.82. The Bertz CT molecular complexity index is 353. The van der Waals surface area contributed by atoms with Gasteiger partial charge in [0.15, 0.2) is 0 Å². The highest BCUT2D eigenvalue weighted by atomic mass is 19.1. The quantitative estimate of drug-likeness (QED) is 0.854. The van der Waals surface area contributed by atoms with E-state index in [1.807, 2.05) is 6.92 Å². The van der Waals surface area contributed by atoms with Crippen molar-refractivity contribution >= 4 is 0 Å². The third-order valence-corrected chi connectivity index (χ3v) is 3.25. The molecule has 1 saturated heterocycles. The van der Waals surface area contributed by atoms with Crippen molar-refractivity contribution in [3.05, 3.63) is 29.8 Å². The van der Waals surface area contributed by atoms with Crippen LogP contribution in [0.4, 0.5) is 4.39 Å². The Balaban J connectivity index is 1.74. The van der Waals surface area contributed by atoms with Gasteiger partial charge in [0.25, 0.3) is 0 Å². The number of halogens is 1. The second-order valence-corrected chi connectivity index (χ2v) is 4.63. The third-order valence-electron chi connectivity index (χ3n) is 3.25. The maximum absolute atomic E-state index is 13.0. The molecule has 1 aromatic heterocycles. The van der Waals surface area contributed by atoms with Crippen molar-refractivity contribution in [2.45, 2.75) is 25.8 Å². The van der Waals surface area contributed by atoms with Gasteiger partial charge in [0.1, 0.15) is 5.82 Å². The van der Waals surface area contributed by atoms with Crippen molar-refractivity contribution in [3.63, 3.8) is 0 Å². The van der Waals surface area contributed by atoms with Gasteiger partial charge < -0.3 is 10.1 Å². The lowest BCUT2D eigenvalue weighted by atomic mass is 10.0. The van der Waals surface area contributed by atoms with Crippen LogP contribution in [-0.4, -0.2) is 24.7 Å². The van der Waals surface area contributed by atoms with E-state index in [0.29, 0.717) is 5.92 Å². The summed E-state index contributed by atoms with van der Waals surface area (Å²) in [6.07, 6.45) is 5.22. The van der Waals surface area contributed by atoms with Crippen molar-refractivity contribution in [1.29, 1.82) is 0 Å². The van der Waals surface area contributed by atoms with Crippen molar-refractivity contribution < 1.29 is 9.13 Å². The number of hydrogen-bond acceptors (Lipinski definition) is 3. The summed E-state index contributed by atoms with van der Waals surface area (Å²) < 4.78 is 18.3. The minimum atomic E-state index is -0.277. The number of aromatic nitrogens is 1. The molecule has 0 saturated carbocycles. The fourth-order valence-electron chi connectivity index (χ4n) is 2.10. The van der Waals surface area contributed by atoms with Gasteiger partial charge in [0, 0.05) is 25.5 Å². The first-order chi connectivity index (χ1) is 8.25. The van der Waals surface area contributed by atoms with Crippen LogP contribution in [0.5, 0.6) is 0 Å². The lowest BCUT2D eigenvalue weighted by Gasteiger charge is -2.15. The highest BCUT2D eigenvalue weighted by Crippen LogP contribution is 2.17. The molecule has 94 valence electrons. The zero-order valence-corrected chi connectivity index (χ0v) is 10.2. The molecule has 3 nitrogen and oxygen atoms in total. The fourth-order valence-corrected chi connectivity index (χ4v) is 2.10. The predicted molar refractivity (Wildman–Crippen MR) is 64.2 cm³/mol. The van der Waals surface area contributed by atoms with E-state index in [0.717, 1.165) is 38.2 Å². The number of pyridine rings is 1. The summed E-state index contributed by atoms with van der Waals surface area (Å²) in [5.74, 6) is 0.403. The molecule has 0 radical (unpaired) electrons. The van der Waals surface area contributed by atoms with Crippen LogP contribution >= 0.6 is 0 Å². The van der Waals surface area contributed by atoms with Crippen LogP contribution in [0.1, 0.15) is 31.4 Å². The first kappa shape index (κ1) is 12.5. The van der Waals surface area contributed by atoms with Gasteiger partial charge in [-0.3, -0.25) is 4.98 Å². The largest absolute Gasteiger partial charge is 0.381 e. The second-order valence-electron chi connectivity index (χ2n) is 4.63. The molecule has 2 unspecified atom stereocenters. The second kappa shape index (κ2) is 6.07. The summed E-state index contributed by atoms with van der Waals surface area (Å²) in [7, 11) is 0. The van der Waals surface area contributed by atoms with Crippen LogP contribution in [0.2, 0.25) is 0 Å². The van der Waals surface area contributed by atoms with E-state index in [2.05, 4.69) is 10.3 Å². The first-order valence-electron chi connectivity index (χ1n) is 6.17. The number of rotatable bonds is 5. The molecule has 2 rings (SSSR count).